The average Bonchev–Trinajstić information content (AvgIpc) is 2.97. The first-order valence-electron chi connectivity index (χ1n) is 9.27. The molecule has 2 amide bonds. The van der Waals surface area contributed by atoms with Crippen molar-refractivity contribution in [3.63, 3.8) is 0 Å². The highest BCUT2D eigenvalue weighted by atomic mass is 35.5. The largest absolute Gasteiger partial charge is 0.451 e. The van der Waals surface area contributed by atoms with E-state index in [-0.39, 0.29) is 17.7 Å². The summed E-state index contributed by atoms with van der Waals surface area (Å²) in [5.41, 5.74) is 1.45. The number of hydrogen-bond donors (Lipinski definition) is 1. The van der Waals surface area contributed by atoms with E-state index in [1.165, 1.54) is 0 Å². The Bertz CT molecular complexity index is 815. The summed E-state index contributed by atoms with van der Waals surface area (Å²) in [6, 6.07) is 5.34. The average molecular weight is 377 g/mol. The van der Waals surface area contributed by atoms with Crippen LogP contribution in [0.3, 0.4) is 0 Å². The molecule has 1 saturated heterocycles. The van der Waals surface area contributed by atoms with Gasteiger partial charge in [0.1, 0.15) is 5.58 Å². The molecule has 3 rings (SSSR count). The number of nitrogens with one attached hydrogen (secondary N) is 1. The molecule has 6 heteroatoms. The molecule has 0 aliphatic carbocycles. The number of furan rings is 1. The van der Waals surface area contributed by atoms with E-state index in [1.807, 2.05) is 13.0 Å². The number of aryl methyl sites for hydroxylation is 1. The molecule has 2 aromatic rings. The van der Waals surface area contributed by atoms with Gasteiger partial charge in [-0.3, -0.25) is 9.59 Å². The number of carbonyl (C=O) groups is 2. The topological polar surface area (TPSA) is 62.6 Å². The third-order valence-corrected chi connectivity index (χ3v) is 5.24. The van der Waals surface area contributed by atoms with E-state index in [9.17, 15) is 9.59 Å². The highest BCUT2D eigenvalue weighted by molar-refractivity contribution is 6.31. The normalized spacial score (nSPS) is 17.5. The summed E-state index contributed by atoms with van der Waals surface area (Å²) >= 11 is 6.05. The maximum Gasteiger partial charge on any atom is 0.289 e. The minimum Gasteiger partial charge on any atom is -0.451 e. The van der Waals surface area contributed by atoms with Crippen molar-refractivity contribution in [3.8, 4) is 0 Å². The monoisotopic (exact) mass is 376 g/mol. The first-order valence-corrected chi connectivity index (χ1v) is 9.64. The van der Waals surface area contributed by atoms with Crippen molar-refractivity contribution in [2.24, 2.45) is 5.92 Å². The summed E-state index contributed by atoms with van der Waals surface area (Å²) in [5, 5.41) is 4.44. The van der Waals surface area contributed by atoms with Crippen LogP contribution in [-0.4, -0.2) is 36.3 Å². The van der Waals surface area contributed by atoms with Crippen LogP contribution in [0.25, 0.3) is 11.0 Å². The number of likely N-dealkylation sites (tertiary alicyclic amines) is 1. The van der Waals surface area contributed by atoms with Crippen molar-refractivity contribution < 1.29 is 14.0 Å². The van der Waals surface area contributed by atoms with E-state index in [0.717, 1.165) is 36.6 Å². The van der Waals surface area contributed by atoms with Gasteiger partial charge in [-0.05, 0) is 44.4 Å². The van der Waals surface area contributed by atoms with E-state index < -0.39 is 0 Å². The fraction of sp³-hybridized carbons (Fsp3) is 0.500. The molecule has 0 bridgehead atoms. The van der Waals surface area contributed by atoms with Crippen molar-refractivity contribution in [2.75, 3.05) is 19.6 Å². The molecule has 1 unspecified atom stereocenters. The third kappa shape index (κ3) is 3.88. The Balaban J connectivity index is 1.73. The number of rotatable bonds is 5. The predicted molar refractivity (Wildman–Crippen MR) is 103 cm³/mol. The molecule has 1 fully saturated rings. The van der Waals surface area contributed by atoms with Gasteiger partial charge in [0.05, 0.1) is 5.92 Å². The van der Waals surface area contributed by atoms with Crippen LogP contribution in [0.15, 0.2) is 22.6 Å². The molecule has 140 valence electrons. The Kier molecular flexibility index (Phi) is 5.87. The zero-order chi connectivity index (χ0) is 18.7. The van der Waals surface area contributed by atoms with Crippen LogP contribution < -0.4 is 5.32 Å². The molecule has 1 N–H and O–H groups in total. The van der Waals surface area contributed by atoms with E-state index in [1.54, 1.807) is 17.0 Å². The van der Waals surface area contributed by atoms with Crippen molar-refractivity contribution in [2.45, 2.75) is 39.5 Å². The molecule has 1 aromatic heterocycles. The summed E-state index contributed by atoms with van der Waals surface area (Å²) < 4.78 is 5.79. The van der Waals surface area contributed by atoms with Crippen LogP contribution in [0.1, 0.15) is 48.7 Å². The van der Waals surface area contributed by atoms with Crippen molar-refractivity contribution in [1.82, 2.24) is 10.2 Å². The Morgan fingerprint density at radius 1 is 1.38 bits per heavy atom. The summed E-state index contributed by atoms with van der Waals surface area (Å²) in [6.07, 6.45) is 3.66. The van der Waals surface area contributed by atoms with Crippen LogP contribution >= 0.6 is 11.6 Å². The van der Waals surface area contributed by atoms with Crippen LogP contribution in [0.4, 0.5) is 0 Å². The summed E-state index contributed by atoms with van der Waals surface area (Å²) in [7, 11) is 0. The molecular weight excluding hydrogens is 352 g/mol. The van der Waals surface area contributed by atoms with Gasteiger partial charge in [0, 0.05) is 35.6 Å². The maximum absolute atomic E-state index is 13.0. The Morgan fingerprint density at radius 2 is 2.19 bits per heavy atom. The smallest absolute Gasteiger partial charge is 0.289 e. The Labute approximate surface area is 158 Å². The van der Waals surface area contributed by atoms with Gasteiger partial charge in [0.15, 0.2) is 5.76 Å². The summed E-state index contributed by atoms with van der Waals surface area (Å²) in [6.45, 7) is 5.75. The molecule has 1 atom stereocenters. The fourth-order valence-electron chi connectivity index (χ4n) is 3.45. The lowest BCUT2D eigenvalue weighted by Gasteiger charge is -2.31. The molecule has 0 spiro atoms. The second-order valence-electron chi connectivity index (χ2n) is 6.93. The van der Waals surface area contributed by atoms with E-state index >= 15 is 0 Å². The number of halogens is 1. The van der Waals surface area contributed by atoms with Gasteiger partial charge in [0.25, 0.3) is 5.91 Å². The number of carbonyl (C=O) groups excluding carboxylic acids is 2. The number of piperidine rings is 1. The molecule has 2 heterocycles. The summed E-state index contributed by atoms with van der Waals surface area (Å²) in [4.78, 5) is 27.0. The van der Waals surface area contributed by atoms with Gasteiger partial charge in [-0.25, -0.2) is 0 Å². The number of unbranched alkanes of at least 4 members (excludes halogenated alkanes) is 1. The molecule has 1 aliphatic rings. The minimum absolute atomic E-state index is 0.0454. The number of fused-ring (bicyclic) bond motifs is 1. The molecule has 1 aliphatic heterocycles. The predicted octanol–water partition coefficient (Wildman–Crippen LogP) is 4.16. The maximum atomic E-state index is 13.0. The highest BCUT2D eigenvalue weighted by Crippen LogP contribution is 2.29. The Hall–Kier alpha value is -2.01. The lowest BCUT2D eigenvalue weighted by molar-refractivity contribution is -0.126. The lowest BCUT2D eigenvalue weighted by Crippen LogP contribution is -2.45. The van der Waals surface area contributed by atoms with Gasteiger partial charge in [0.2, 0.25) is 5.91 Å². The van der Waals surface area contributed by atoms with Crippen LogP contribution in [0, 0.1) is 12.8 Å². The highest BCUT2D eigenvalue weighted by Gasteiger charge is 2.31. The van der Waals surface area contributed by atoms with Crippen LogP contribution in [0.2, 0.25) is 5.02 Å². The van der Waals surface area contributed by atoms with Crippen molar-refractivity contribution in [1.29, 1.82) is 0 Å². The van der Waals surface area contributed by atoms with Crippen molar-refractivity contribution >= 4 is 34.4 Å². The van der Waals surface area contributed by atoms with Gasteiger partial charge >= 0.3 is 0 Å². The fourth-order valence-corrected chi connectivity index (χ4v) is 3.62. The number of nitrogens with zero attached hydrogens (tertiary/aromatic N) is 1. The second-order valence-corrected chi connectivity index (χ2v) is 7.37. The van der Waals surface area contributed by atoms with Crippen LogP contribution in [0.5, 0.6) is 0 Å². The second kappa shape index (κ2) is 8.12. The minimum atomic E-state index is -0.152. The Morgan fingerprint density at radius 3 is 2.96 bits per heavy atom. The van der Waals surface area contributed by atoms with Gasteiger partial charge in [-0.1, -0.05) is 24.9 Å². The summed E-state index contributed by atoms with van der Waals surface area (Å²) in [5.74, 6) is 0.0860. The van der Waals surface area contributed by atoms with Crippen molar-refractivity contribution in [3.05, 3.63) is 34.5 Å². The zero-order valence-electron chi connectivity index (χ0n) is 15.3. The van der Waals surface area contributed by atoms with Gasteiger partial charge in [-0.2, -0.15) is 0 Å². The number of hydrogen-bond acceptors (Lipinski definition) is 3. The van der Waals surface area contributed by atoms with E-state index in [0.29, 0.717) is 36.0 Å². The molecule has 0 radical (unpaired) electrons. The molecule has 1 aromatic carbocycles. The first kappa shape index (κ1) is 18.8. The number of benzene rings is 1. The third-order valence-electron chi connectivity index (χ3n) is 5.00. The zero-order valence-corrected chi connectivity index (χ0v) is 16.1. The van der Waals surface area contributed by atoms with E-state index in [4.69, 9.17) is 16.0 Å². The SMILES string of the molecule is CCCCNC(=O)C1CCCN(C(=O)c2oc3ccc(Cl)cc3c2C)C1. The van der Waals surface area contributed by atoms with E-state index in [2.05, 4.69) is 12.2 Å². The standard InChI is InChI=1S/C20H25ClN2O3/c1-3-4-9-22-19(24)14-6-5-10-23(12-14)20(25)18-13(2)16-11-15(21)7-8-17(16)26-18/h7-8,11,14H,3-6,9-10,12H2,1-2H3,(H,22,24). The lowest BCUT2D eigenvalue weighted by atomic mass is 9.96. The molecule has 26 heavy (non-hydrogen) atoms. The first-order chi connectivity index (χ1) is 12.5. The van der Waals surface area contributed by atoms with Gasteiger partial charge < -0.3 is 14.6 Å². The quantitative estimate of drug-likeness (QED) is 0.797. The van der Waals surface area contributed by atoms with Gasteiger partial charge in [-0.15, -0.1) is 0 Å². The molecular formula is C20H25ClN2O3. The molecule has 0 saturated carbocycles. The van der Waals surface area contributed by atoms with Crippen LogP contribution in [-0.2, 0) is 4.79 Å². The number of amides is 2. The molecule has 5 nitrogen and oxygen atoms in total.